The van der Waals surface area contributed by atoms with Crippen LogP contribution in [-0.4, -0.2) is 24.8 Å². The van der Waals surface area contributed by atoms with Gasteiger partial charge in [-0.25, -0.2) is 9.36 Å². The van der Waals surface area contributed by atoms with Crippen molar-refractivity contribution in [1.82, 2.24) is 24.8 Å². The summed E-state index contributed by atoms with van der Waals surface area (Å²) in [5, 5.41) is 22.2. The van der Waals surface area contributed by atoms with Gasteiger partial charge in [-0.2, -0.15) is 10.4 Å². The Hall–Kier alpha value is -3.60. The van der Waals surface area contributed by atoms with Crippen LogP contribution in [0.15, 0.2) is 48.1 Å². The van der Waals surface area contributed by atoms with Gasteiger partial charge in [0.1, 0.15) is 11.6 Å². The first kappa shape index (κ1) is 16.8. The van der Waals surface area contributed by atoms with Gasteiger partial charge in [-0.15, -0.1) is 5.10 Å². The van der Waals surface area contributed by atoms with Crippen LogP contribution in [0.5, 0.6) is 5.88 Å². The van der Waals surface area contributed by atoms with Crippen molar-refractivity contribution in [2.75, 3.05) is 0 Å². The van der Waals surface area contributed by atoms with E-state index in [0.29, 0.717) is 18.0 Å². The first-order valence-corrected chi connectivity index (χ1v) is 8.81. The molecule has 0 saturated heterocycles. The van der Waals surface area contributed by atoms with E-state index >= 15 is 0 Å². The summed E-state index contributed by atoms with van der Waals surface area (Å²) in [6.45, 7) is 4.70. The van der Waals surface area contributed by atoms with Gasteiger partial charge in [-0.1, -0.05) is 24.3 Å². The molecule has 1 aliphatic rings. The number of nitrogens with zero attached hydrogens (tertiary/aromatic N) is 6. The van der Waals surface area contributed by atoms with Crippen LogP contribution < -0.4 is 10.5 Å². The summed E-state index contributed by atoms with van der Waals surface area (Å²) in [4.78, 5) is 0. The van der Waals surface area contributed by atoms with E-state index in [1.807, 2.05) is 38.1 Å². The van der Waals surface area contributed by atoms with Crippen molar-refractivity contribution in [3.63, 3.8) is 0 Å². The van der Waals surface area contributed by atoms with Crippen LogP contribution in [0.2, 0.25) is 0 Å². The van der Waals surface area contributed by atoms with Crippen molar-refractivity contribution < 1.29 is 4.74 Å². The highest BCUT2D eigenvalue weighted by atomic mass is 16.5. The van der Waals surface area contributed by atoms with Gasteiger partial charge >= 0.3 is 0 Å². The number of fused-ring (bicyclic) bond motifs is 1. The molecule has 0 aliphatic carbocycles. The minimum absolute atomic E-state index is 0.132. The summed E-state index contributed by atoms with van der Waals surface area (Å²) in [6, 6.07) is 10.1. The SMILES string of the molecule is CCc1nn(CC)c2c1C(c1ccc(-n3ccnn3)cc1)C(C#N)=C(N)O2. The molecule has 8 nitrogen and oxygen atoms in total. The molecular formula is C19H19N7O. The molecule has 0 bridgehead atoms. The average molecular weight is 361 g/mol. The Kier molecular flexibility index (Phi) is 4.12. The van der Waals surface area contributed by atoms with Crippen molar-refractivity contribution in [2.45, 2.75) is 32.7 Å². The maximum atomic E-state index is 9.73. The Balaban J connectivity index is 1.86. The van der Waals surface area contributed by atoms with Crippen LogP contribution in [0.3, 0.4) is 0 Å². The number of ether oxygens (including phenoxy) is 1. The van der Waals surface area contributed by atoms with Crippen molar-refractivity contribution in [3.05, 3.63) is 64.9 Å². The predicted molar refractivity (Wildman–Crippen MR) is 97.9 cm³/mol. The highest BCUT2D eigenvalue weighted by Crippen LogP contribution is 2.44. The molecule has 2 aromatic heterocycles. The second-order valence-electron chi connectivity index (χ2n) is 6.20. The lowest BCUT2D eigenvalue weighted by Gasteiger charge is -2.25. The Morgan fingerprint density at radius 2 is 2.04 bits per heavy atom. The Morgan fingerprint density at radius 3 is 2.63 bits per heavy atom. The molecule has 3 aromatic rings. The van der Waals surface area contributed by atoms with Gasteiger partial charge in [0.15, 0.2) is 0 Å². The zero-order valence-corrected chi connectivity index (χ0v) is 15.1. The second kappa shape index (κ2) is 6.61. The number of hydrogen-bond donors (Lipinski definition) is 1. The molecule has 1 aromatic carbocycles. The minimum Gasteiger partial charge on any atom is -0.422 e. The van der Waals surface area contributed by atoms with Gasteiger partial charge < -0.3 is 10.5 Å². The van der Waals surface area contributed by atoms with Crippen LogP contribution in [-0.2, 0) is 13.0 Å². The summed E-state index contributed by atoms with van der Waals surface area (Å²) in [5.74, 6) is 0.447. The maximum absolute atomic E-state index is 9.73. The molecule has 3 heterocycles. The fraction of sp³-hybridized carbons (Fsp3) is 0.263. The maximum Gasteiger partial charge on any atom is 0.224 e. The molecule has 4 rings (SSSR count). The molecule has 0 spiro atoms. The van der Waals surface area contributed by atoms with Crippen molar-refractivity contribution in [3.8, 4) is 17.6 Å². The molecule has 0 radical (unpaired) electrons. The summed E-state index contributed by atoms with van der Waals surface area (Å²) in [7, 11) is 0. The lowest BCUT2D eigenvalue weighted by Crippen LogP contribution is -2.22. The topological polar surface area (TPSA) is 108 Å². The van der Waals surface area contributed by atoms with Gasteiger partial charge in [0, 0.05) is 6.54 Å². The Morgan fingerprint density at radius 1 is 1.26 bits per heavy atom. The van der Waals surface area contributed by atoms with E-state index in [4.69, 9.17) is 10.5 Å². The number of aromatic nitrogens is 5. The highest BCUT2D eigenvalue weighted by Gasteiger charge is 2.36. The molecule has 1 atom stereocenters. The zero-order chi connectivity index (χ0) is 19.0. The molecule has 27 heavy (non-hydrogen) atoms. The summed E-state index contributed by atoms with van der Waals surface area (Å²) >= 11 is 0. The van der Waals surface area contributed by atoms with Crippen molar-refractivity contribution >= 4 is 0 Å². The normalized spacial score (nSPS) is 16.0. The number of rotatable bonds is 4. The Bertz CT molecular complexity index is 1040. The number of allylic oxidation sites excluding steroid dienone is 1. The number of benzene rings is 1. The zero-order valence-electron chi connectivity index (χ0n) is 15.1. The number of hydrogen-bond acceptors (Lipinski definition) is 6. The minimum atomic E-state index is -0.307. The fourth-order valence-electron chi connectivity index (χ4n) is 3.44. The molecule has 0 fully saturated rings. The fourth-order valence-corrected chi connectivity index (χ4v) is 3.44. The second-order valence-corrected chi connectivity index (χ2v) is 6.20. The Labute approximate surface area is 156 Å². The van der Waals surface area contributed by atoms with E-state index in [1.54, 1.807) is 21.8 Å². The van der Waals surface area contributed by atoms with Gasteiger partial charge in [-0.05, 0) is 31.0 Å². The molecule has 136 valence electrons. The molecular weight excluding hydrogens is 342 g/mol. The first-order valence-electron chi connectivity index (χ1n) is 8.81. The van der Waals surface area contributed by atoms with E-state index in [-0.39, 0.29) is 11.8 Å². The molecule has 8 heteroatoms. The molecule has 1 aliphatic heterocycles. The largest absolute Gasteiger partial charge is 0.422 e. The summed E-state index contributed by atoms with van der Waals surface area (Å²) in [6.07, 6.45) is 4.15. The standard InChI is InChI=1S/C19H19N7O/c1-3-15-17-16(12-5-7-13(8-6-12)26-10-9-22-24-26)14(11-20)18(21)27-19(17)25(4-2)23-15/h5-10,16H,3-4,21H2,1-2H3. The summed E-state index contributed by atoms with van der Waals surface area (Å²) < 4.78 is 9.27. The smallest absolute Gasteiger partial charge is 0.224 e. The van der Waals surface area contributed by atoms with E-state index in [2.05, 4.69) is 21.5 Å². The van der Waals surface area contributed by atoms with Crippen LogP contribution in [0, 0.1) is 11.3 Å². The van der Waals surface area contributed by atoms with E-state index in [1.165, 1.54) is 0 Å². The van der Waals surface area contributed by atoms with Gasteiger partial charge in [0.05, 0.1) is 35.3 Å². The highest BCUT2D eigenvalue weighted by molar-refractivity contribution is 5.56. The van der Waals surface area contributed by atoms with Crippen LogP contribution >= 0.6 is 0 Å². The monoisotopic (exact) mass is 361 g/mol. The molecule has 0 saturated carbocycles. The first-order chi connectivity index (χ1) is 13.2. The number of aryl methyl sites for hydroxylation is 2. The molecule has 0 amide bonds. The quantitative estimate of drug-likeness (QED) is 0.764. The third-order valence-electron chi connectivity index (χ3n) is 4.73. The van der Waals surface area contributed by atoms with E-state index in [0.717, 1.165) is 28.9 Å². The molecule has 1 unspecified atom stereocenters. The number of nitrogens with two attached hydrogens (primary N) is 1. The summed E-state index contributed by atoms with van der Waals surface area (Å²) in [5.41, 5.74) is 10.2. The third kappa shape index (κ3) is 2.64. The number of nitriles is 1. The van der Waals surface area contributed by atoms with Crippen LogP contribution in [0.25, 0.3) is 5.69 Å². The van der Waals surface area contributed by atoms with Gasteiger partial charge in [0.25, 0.3) is 0 Å². The lowest BCUT2D eigenvalue weighted by molar-refractivity contribution is 0.350. The van der Waals surface area contributed by atoms with Crippen LogP contribution in [0.4, 0.5) is 0 Å². The molecule has 2 N–H and O–H groups in total. The lowest BCUT2D eigenvalue weighted by atomic mass is 9.83. The van der Waals surface area contributed by atoms with Crippen molar-refractivity contribution in [2.24, 2.45) is 5.73 Å². The third-order valence-corrected chi connectivity index (χ3v) is 4.73. The average Bonchev–Trinajstić information content (AvgIpc) is 3.35. The van der Waals surface area contributed by atoms with Gasteiger partial charge in [-0.3, -0.25) is 0 Å². The van der Waals surface area contributed by atoms with E-state index in [9.17, 15) is 5.26 Å². The predicted octanol–water partition coefficient (Wildman–Crippen LogP) is 2.26. The van der Waals surface area contributed by atoms with Gasteiger partial charge in [0.2, 0.25) is 11.8 Å². The van der Waals surface area contributed by atoms with Crippen LogP contribution in [0.1, 0.15) is 36.6 Å². The van der Waals surface area contributed by atoms with E-state index < -0.39 is 0 Å². The van der Waals surface area contributed by atoms with Crippen molar-refractivity contribution in [1.29, 1.82) is 5.26 Å².